The topological polar surface area (TPSA) is 45.4 Å². The van der Waals surface area contributed by atoms with Gasteiger partial charge in [0.25, 0.3) is 0 Å². The molecule has 142 valence electrons. The average Bonchev–Trinajstić information content (AvgIpc) is 2.89. The van der Waals surface area contributed by atoms with Crippen LogP contribution in [0.3, 0.4) is 0 Å². The van der Waals surface area contributed by atoms with Gasteiger partial charge in [0.2, 0.25) is 0 Å². The van der Waals surface area contributed by atoms with Gasteiger partial charge in [0.1, 0.15) is 0 Å². The first-order chi connectivity index (χ1) is 13.1. The van der Waals surface area contributed by atoms with Gasteiger partial charge >= 0.3 is 0 Å². The molecule has 0 radical (unpaired) electrons. The number of allylic oxidation sites excluding steroid dienone is 4. The summed E-state index contributed by atoms with van der Waals surface area (Å²) in [5.41, 5.74) is 9.60. The van der Waals surface area contributed by atoms with E-state index in [9.17, 15) is 0 Å². The lowest BCUT2D eigenvalue weighted by molar-refractivity contribution is 0.266. The van der Waals surface area contributed by atoms with Crippen LogP contribution in [0.1, 0.15) is 17.7 Å². The van der Waals surface area contributed by atoms with Crippen LogP contribution in [0.4, 0.5) is 0 Å². The van der Waals surface area contributed by atoms with Crippen LogP contribution < -0.4 is 5.73 Å². The maximum atomic E-state index is 6.43. The fourth-order valence-electron chi connectivity index (χ4n) is 3.49. The largest absolute Gasteiger partial charge is 0.403 e. The van der Waals surface area contributed by atoms with Crippen molar-refractivity contribution < 1.29 is 0 Å². The highest BCUT2D eigenvalue weighted by molar-refractivity contribution is 6.37. The molecule has 2 heterocycles. The molecule has 0 saturated carbocycles. The Morgan fingerprint density at radius 3 is 2.85 bits per heavy atom. The van der Waals surface area contributed by atoms with Gasteiger partial charge in [-0.1, -0.05) is 48.5 Å². The van der Waals surface area contributed by atoms with Crippen LogP contribution >= 0.6 is 11.6 Å². The smallest absolute Gasteiger partial charge is 0.0706 e. The standard InChI is InChI=1S/C22H27ClN4/c1-3-7-18(20(23)15-24)19-14-17-8-4-5-9-21(17)25-22(19)16-27-11-6-10-26(2)12-13-27/h3-5,7-9,14-15H,1,6,10-13,16,24H2,2H3/b18-7-,20-15+. The van der Waals surface area contributed by atoms with Crippen molar-refractivity contribution in [1.29, 1.82) is 0 Å². The van der Waals surface area contributed by atoms with Crippen molar-refractivity contribution in [2.24, 2.45) is 5.73 Å². The molecule has 0 spiro atoms. The molecule has 27 heavy (non-hydrogen) atoms. The second-order valence-electron chi connectivity index (χ2n) is 6.94. The maximum Gasteiger partial charge on any atom is 0.0706 e. The molecule has 1 saturated heterocycles. The Bertz CT molecular complexity index is 872. The number of halogens is 1. The van der Waals surface area contributed by atoms with Crippen LogP contribution in [-0.2, 0) is 6.54 Å². The maximum absolute atomic E-state index is 6.43. The third-order valence-corrected chi connectivity index (χ3v) is 5.30. The second-order valence-corrected chi connectivity index (χ2v) is 7.35. The van der Waals surface area contributed by atoms with E-state index in [1.807, 2.05) is 18.2 Å². The molecule has 1 aromatic carbocycles. The molecule has 0 unspecified atom stereocenters. The number of aromatic nitrogens is 1. The Balaban J connectivity index is 2.06. The Labute approximate surface area is 166 Å². The summed E-state index contributed by atoms with van der Waals surface area (Å²) in [6, 6.07) is 10.3. The fourth-order valence-corrected chi connectivity index (χ4v) is 3.65. The number of benzene rings is 1. The highest BCUT2D eigenvalue weighted by Crippen LogP contribution is 2.31. The van der Waals surface area contributed by atoms with Gasteiger partial charge in [0, 0.05) is 42.4 Å². The van der Waals surface area contributed by atoms with E-state index >= 15 is 0 Å². The van der Waals surface area contributed by atoms with Crippen molar-refractivity contribution in [2.45, 2.75) is 13.0 Å². The van der Waals surface area contributed by atoms with Gasteiger partial charge < -0.3 is 10.6 Å². The van der Waals surface area contributed by atoms with Gasteiger partial charge in [0.15, 0.2) is 0 Å². The van der Waals surface area contributed by atoms with E-state index in [1.54, 1.807) is 6.08 Å². The SMILES string of the molecule is C=C/C=C(\C(Cl)=C/N)c1cc2ccccc2nc1CN1CCCN(C)CC1. The number of fused-ring (bicyclic) bond motifs is 1. The third kappa shape index (κ3) is 4.78. The van der Waals surface area contributed by atoms with E-state index in [1.165, 1.54) is 6.20 Å². The minimum atomic E-state index is 0.504. The van der Waals surface area contributed by atoms with Crippen LogP contribution in [0.25, 0.3) is 16.5 Å². The monoisotopic (exact) mass is 382 g/mol. The Hall–Kier alpha value is -2.14. The highest BCUT2D eigenvalue weighted by atomic mass is 35.5. The molecule has 2 N–H and O–H groups in total. The van der Waals surface area contributed by atoms with Crippen molar-refractivity contribution in [1.82, 2.24) is 14.8 Å². The summed E-state index contributed by atoms with van der Waals surface area (Å²) in [6.45, 7) is 8.93. The lowest BCUT2D eigenvalue weighted by Gasteiger charge is -2.22. The van der Waals surface area contributed by atoms with Gasteiger partial charge in [-0.05, 0) is 38.7 Å². The van der Waals surface area contributed by atoms with E-state index in [0.29, 0.717) is 5.03 Å². The van der Waals surface area contributed by atoms with Gasteiger partial charge in [-0.25, -0.2) is 0 Å². The van der Waals surface area contributed by atoms with Crippen LogP contribution in [0.15, 0.2) is 60.3 Å². The zero-order valence-electron chi connectivity index (χ0n) is 15.9. The molecule has 3 rings (SSSR count). The normalized spacial score (nSPS) is 17.9. The Morgan fingerprint density at radius 2 is 2.07 bits per heavy atom. The van der Waals surface area contributed by atoms with Crippen LogP contribution in [0.2, 0.25) is 0 Å². The number of pyridine rings is 1. The van der Waals surface area contributed by atoms with E-state index in [-0.39, 0.29) is 0 Å². The molecular formula is C22H27ClN4. The lowest BCUT2D eigenvalue weighted by Crippen LogP contribution is -2.29. The number of rotatable bonds is 5. The Morgan fingerprint density at radius 1 is 1.26 bits per heavy atom. The van der Waals surface area contributed by atoms with Crippen molar-refractivity contribution in [3.8, 4) is 0 Å². The van der Waals surface area contributed by atoms with Crippen molar-refractivity contribution in [2.75, 3.05) is 33.2 Å². The summed E-state index contributed by atoms with van der Waals surface area (Å²) >= 11 is 6.43. The van der Waals surface area contributed by atoms with Crippen molar-refractivity contribution >= 4 is 28.1 Å². The zero-order chi connectivity index (χ0) is 19.2. The van der Waals surface area contributed by atoms with Crippen molar-refractivity contribution in [3.05, 3.63) is 71.6 Å². The number of hydrogen-bond donors (Lipinski definition) is 1. The number of likely N-dealkylation sites (N-methyl/N-ethyl adjacent to an activating group) is 1. The summed E-state index contributed by atoms with van der Waals surface area (Å²) < 4.78 is 0. The number of nitrogens with zero attached hydrogens (tertiary/aromatic N) is 3. The summed E-state index contributed by atoms with van der Waals surface area (Å²) in [4.78, 5) is 9.83. The molecule has 5 heteroatoms. The summed E-state index contributed by atoms with van der Waals surface area (Å²) in [6.07, 6.45) is 6.23. The fraction of sp³-hybridized carbons (Fsp3) is 0.318. The molecule has 0 bridgehead atoms. The second kappa shape index (κ2) is 9.18. The minimum absolute atomic E-state index is 0.504. The molecule has 4 nitrogen and oxygen atoms in total. The van der Waals surface area contributed by atoms with Gasteiger partial charge in [-0.15, -0.1) is 0 Å². The highest BCUT2D eigenvalue weighted by Gasteiger charge is 2.18. The number of para-hydroxylation sites is 1. The van der Waals surface area contributed by atoms with E-state index < -0.39 is 0 Å². The first-order valence-electron chi connectivity index (χ1n) is 9.33. The molecule has 1 fully saturated rings. The molecule has 0 amide bonds. The summed E-state index contributed by atoms with van der Waals surface area (Å²) in [5, 5.41) is 1.59. The molecule has 0 aliphatic carbocycles. The van der Waals surface area contributed by atoms with E-state index in [0.717, 1.165) is 66.9 Å². The first-order valence-corrected chi connectivity index (χ1v) is 9.70. The van der Waals surface area contributed by atoms with Crippen LogP contribution in [-0.4, -0.2) is 48.0 Å². The quantitative estimate of drug-likeness (QED) is 0.794. The van der Waals surface area contributed by atoms with Crippen LogP contribution in [0, 0.1) is 0 Å². The predicted molar refractivity (Wildman–Crippen MR) is 115 cm³/mol. The number of hydrogen-bond acceptors (Lipinski definition) is 4. The summed E-state index contributed by atoms with van der Waals surface area (Å²) in [7, 11) is 2.18. The minimum Gasteiger partial charge on any atom is -0.403 e. The molecule has 1 aromatic heterocycles. The average molecular weight is 383 g/mol. The first kappa shape index (κ1) is 19.6. The van der Waals surface area contributed by atoms with Gasteiger partial charge in [0.05, 0.1) is 16.2 Å². The predicted octanol–water partition coefficient (Wildman–Crippen LogP) is 3.98. The van der Waals surface area contributed by atoms with Gasteiger partial charge in [-0.2, -0.15) is 0 Å². The van der Waals surface area contributed by atoms with E-state index in [2.05, 4.69) is 41.6 Å². The van der Waals surface area contributed by atoms with E-state index in [4.69, 9.17) is 22.3 Å². The van der Waals surface area contributed by atoms with Crippen LogP contribution in [0.5, 0.6) is 0 Å². The summed E-state index contributed by atoms with van der Waals surface area (Å²) in [5.74, 6) is 0. The molecule has 2 aromatic rings. The van der Waals surface area contributed by atoms with Gasteiger partial charge in [-0.3, -0.25) is 9.88 Å². The Kier molecular flexibility index (Phi) is 6.67. The zero-order valence-corrected chi connectivity index (χ0v) is 16.6. The molecular weight excluding hydrogens is 356 g/mol. The molecule has 0 atom stereocenters. The molecule has 1 aliphatic rings. The lowest BCUT2D eigenvalue weighted by atomic mass is 10.00. The molecule has 1 aliphatic heterocycles. The number of nitrogens with two attached hydrogens (primary N) is 1. The third-order valence-electron chi connectivity index (χ3n) is 4.97. The van der Waals surface area contributed by atoms with Crippen molar-refractivity contribution in [3.63, 3.8) is 0 Å².